The number of amides is 1. The van der Waals surface area contributed by atoms with Crippen LogP contribution in [0.5, 0.6) is 0 Å². The average molecular weight is 450 g/mol. The lowest BCUT2D eigenvalue weighted by atomic mass is 9.97. The van der Waals surface area contributed by atoms with Gasteiger partial charge in [0.25, 0.3) is 0 Å². The summed E-state index contributed by atoms with van der Waals surface area (Å²) in [5, 5.41) is 5.12. The van der Waals surface area contributed by atoms with Crippen LogP contribution in [0.4, 0.5) is 0 Å². The van der Waals surface area contributed by atoms with Crippen molar-refractivity contribution in [2.75, 3.05) is 12.9 Å². The van der Waals surface area contributed by atoms with E-state index in [1.807, 2.05) is 72.8 Å². The summed E-state index contributed by atoms with van der Waals surface area (Å²) in [5.41, 5.74) is 1.85. The van der Waals surface area contributed by atoms with Crippen LogP contribution in [-0.2, 0) is 25.5 Å². The van der Waals surface area contributed by atoms with E-state index < -0.39 is 17.9 Å². The molecule has 0 bridgehead atoms. The molecule has 166 valence electrons. The van der Waals surface area contributed by atoms with E-state index in [9.17, 15) is 14.4 Å². The van der Waals surface area contributed by atoms with Gasteiger partial charge in [-0.1, -0.05) is 78.5 Å². The smallest absolute Gasteiger partial charge is 0.307 e. The van der Waals surface area contributed by atoms with Gasteiger partial charge in [0.1, 0.15) is 0 Å². The van der Waals surface area contributed by atoms with E-state index in [4.69, 9.17) is 4.74 Å². The summed E-state index contributed by atoms with van der Waals surface area (Å²) >= 11 is 1.14. The van der Waals surface area contributed by atoms with Gasteiger partial charge in [-0.3, -0.25) is 14.4 Å². The Labute approximate surface area is 192 Å². The Morgan fingerprint density at radius 1 is 0.938 bits per heavy atom. The van der Waals surface area contributed by atoms with Crippen LogP contribution in [0.3, 0.4) is 0 Å². The molecule has 0 fully saturated rings. The maximum absolute atomic E-state index is 13.3. The third kappa shape index (κ3) is 6.69. The number of nitrogens with one attached hydrogen (secondary N) is 1. The molecule has 3 aromatic rings. The summed E-state index contributed by atoms with van der Waals surface area (Å²) in [5.74, 6) is -0.628. The van der Waals surface area contributed by atoms with Crippen LogP contribution in [0.15, 0.2) is 72.8 Å². The number of fused-ring (bicyclic) bond motifs is 1. The lowest BCUT2D eigenvalue weighted by Gasteiger charge is -2.23. The Balaban J connectivity index is 1.84. The van der Waals surface area contributed by atoms with Crippen molar-refractivity contribution < 1.29 is 19.1 Å². The van der Waals surface area contributed by atoms with Gasteiger partial charge >= 0.3 is 5.97 Å². The zero-order valence-electron chi connectivity index (χ0n) is 18.2. The first-order chi connectivity index (χ1) is 15.5. The van der Waals surface area contributed by atoms with E-state index in [1.165, 1.54) is 14.0 Å². The Kier molecular flexibility index (Phi) is 8.45. The molecular weight excluding hydrogens is 422 g/mol. The van der Waals surface area contributed by atoms with E-state index in [2.05, 4.69) is 5.32 Å². The normalized spacial score (nSPS) is 12.7. The van der Waals surface area contributed by atoms with Crippen molar-refractivity contribution in [3.05, 3.63) is 83.9 Å². The van der Waals surface area contributed by atoms with Gasteiger partial charge < -0.3 is 10.1 Å². The third-order valence-corrected chi connectivity index (χ3v) is 6.25. The minimum atomic E-state index is -0.528. The molecular formula is C26H27NO4S. The zero-order chi connectivity index (χ0) is 22.9. The molecule has 0 spiro atoms. The number of methoxy groups -OCH3 is 1. The quantitative estimate of drug-likeness (QED) is 0.480. The first-order valence-corrected chi connectivity index (χ1v) is 11.5. The minimum Gasteiger partial charge on any atom is -0.469 e. The van der Waals surface area contributed by atoms with Crippen molar-refractivity contribution in [2.45, 2.75) is 25.8 Å². The molecule has 0 radical (unpaired) electrons. The number of esters is 1. The van der Waals surface area contributed by atoms with Crippen molar-refractivity contribution in [3.8, 4) is 0 Å². The third-order valence-electron chi connectivity index (χ3n) is 5.27. The van der Waals surface area contributed by atoms with Gasteiger partial charge in [-0.05, 0) is 34.4 Å². The van der Waals surface area contributed by atoms with Gasteiger partial charge in [0, 0.05) is 12.7 Å². The highest BCUT2D eigenvalue weighted by Gasteiger charge is 2.25. The highest BCUT2D eigenvalue weighted by Crippen LogP contribution is 2.24. The van der Waals surface area contributed by atoms with E-state index in [0.717, 1.165) is 33.7 Å². The Bertz CT molecular complexity index is 1080. The predicted molar refractivity (Wildman–Crippen MR) is 128 cm³/mol. The minimum absolute atomic E-state index is 0.0263. The monoisotopic (exact) mass is 449 g/mol. The van der Waals surface area contributed by atoms with Gasteiger partial charge in [0.05, 0.1) is 25.5 Å². The van der Waals surface area contributed by atoms with Crippen molar-refractivity contribution >= 4 is 39.5 Å². The highest BCUT2D eigenvalue weighted by molar-refractivity contribution is 8.13. The molecule has 3 rings (SSSR count). The molecule has 2 atom stereocenters. The number of thioether (sulfide) groups is 1. The molecule has 5 nitrogen and oxygen atoms in total. The van der Waals surface area contributed by atoms with Crippen LogP contribution in [0.1, 0.15) is 30.5 Å². The molecule has 32 heavy (non-hydrogen) atoms. The fourth-order valence-corrected chi connectivity index (χ4v) is 4.27. The van der Waals surface area contributed by atoms with Gasteiger partial charge in [0.2, 0.25) is 5.91 Å². The molecule has 0 aliphatic rings. The molecule has 3 aromatic carbocycles. The first-order valence-electron chi connectivity index (χ1n) is 10.5. The standard InChI is InChI=1S/C26H27NO4S/c1-18(28)32-17-23(14-19-8-4-3-5-9-19)26(30)27-24(16-25(29)31-2)22-13-12-20-10-6-7-11-21(20)15-22/h3-13,15,23-24H,14,16-17H2,1-2H3,(H,27,30). The molecule has 0 aliphatic carbocycles. The maximum atomic E-state index is 13.3. The highest BCUT2D eigenvalue weighted by atomic mass is 32.2. The summed E-state index contributed by atoms with van der Waals surface area (Å²) < 4.78 is 4.87. The summed E-state index contributed by atoms with van der Waals surface area (Å²) in [6.45, 7) is 1.50. The number of hydrogen-bond acceptors (Lipinski definition) is 5. The predicted octanol–water partition coefficient (Wildman–Crippen LogP) is 4.70. The fourth-order valence-electron chi connectivity index (χ4n) is 3.56. The molecule has 0 aliphatic heterocycles. The van der Waals surface area contributed by atoms with E-state index in [1.54, 1.807) is 0 Å². The topological polar surface area (TPSA) is 72.5 Å². The van der Waals surface area contributed by atoms with Crippen LogP contribution in [-0.4, -0.2) is 29.9 Å². The second-order valence-corrected chi connectivity index (χ2v) is 8.83. The molecule has 2 unspecified atom stereocenters. The number of rotatable bonds is 9. The molecule has 0 saturated carbocycles. The summed E-state index contributed by atoms with van der Waals surface area (Å²) in [6.07, 6.45) is 0.536. The van der Waals surface area contributed by atoms with Crippen LogP contribution in [0.25, 0.3) is 10.8 Å². The molecule has 1 N–H and O–H groups in total. The lowest BCUT2D eigenvalue weighted by molar-refractivity contribution is -0.141. The summed E-state index contributed by atoms with van der Waals surface area (Å²) in [6, 6.07) is 23.0. The second-order valence-electron chi connectivity index (χ2n) is 7.64. The number of carbonyl (C=O) groups is 3. The van der Waals surface area contributed by atoms with Crippen LogP contribution >= 0.6 is 11.8 Å². The fraction of sp³-hybridized carbons (Fsp3) is 0.269. The average Bonchev–Trinajstić information content (AvgIpc) is 2.81. The van der Waals surface area contributed by atoms with Crippen molar-refractivity contribution in [2.24, 2.45) is 5.92 Å². The number of hydrogen-bond donors (Lipinski definition) is 1. The summed E-state index contributed by atoms with van der Waals surface area (Å²) in [4.78, 5) is 36.9. The second kappa shape index (κ2) is 11.5. The number of ether oxygens (including phenoxy) is 1. The SMILES string of the molecule is COC(=O)CC(NC(=O)C(CSC(C)=O)Cc1ccccc1)c1ccc2ccccc2c1. The lowest BCUT2D eigenvalue weighted by Crippen LogP contribution is -2.37. The van der Waals surface area contributed by atoms with Crippen LogP contribution in [0.2, 0.25) is 0 Å². The van der Waals surface area contributed by atoms with Crippen LogP contribution < -0.4 is 5.32 Å². The van der Waals surface area contributed by atoms with E-state index >= 15 is 0 Å². The van der Waals surface area contributed by atoms with Gasteiger partial charge in [-0.15, -0.1) is 0 Å². The number of benzene rings is 3. The Hall–Kier alpha value is -3.12. The number of carbonyl (C=O) groups excluding carboxylic acids is 3. The Morgan fingerprint density at radius 3 is 2.31 bits per heavy atom. The molecule has 0 heterocycles. The maximum Gasteiger partial charge on any atom is 0.307 e. The Morgan fingerprint density at radius 2 is 1.62 bits per heavy atom. The van der Waals surface area contributed by atoms with Crippen molar-refractivity contribution in [3.63, 3.8) is 0 Å². The van der Waals surface area contributed by atoms with Crippen LogP contribution in [0, 0.1) is 5.92 Å². The molecule has 0 saturated heterocycles. The molecule has 0 aromatic heterocycles. The first kappa shape index (κ1) is 23.5. The van der Waals surface area contributed by atoms with Crippen molar-refractivity contribution in [1.29, 1.82) is 0 Å². The van der Waals surface area contributed by atoms with Crippen molar-refractivity contribution in [1.82, 2.24) is 5.32 Å². The van der Waals surface area contributed by atoms with Gasteiger partial charge in [-0.2, -0.15) is 0 Å². The van der Waals surface area contributed by atoms with Gasteiger partial charge in [0.15, 0.2) is 5.12 Å². The summed E-state index contributed by atoms with van der Waals surface area (Å²) in [7, 11) is 1.34. The molecule has 6 heteroatoms. The van der Waals surface area contributed by atoms with Gasteiger partial charge in [-0.25, -0.2) is 0 Å². The molecule has 1 amide bonds. The van der Waals surface area contributed by atoms with E-state index in [0.29, 0.717) is 12.2 Å². The largest absolute Gasteiger partial charge is 0.469 e. The van der Waals surface area contributed by atoms with E-state index in [-0.39, 0.29) is 17.4 Å². The zero-order valence-corrected chi connectivity index (χ0v) is 19.1.